The molecule has 730 valence electrons. The lowest BCUT2D eigenvalue weighted by Gasteiger charge is -2.47. The van der Waals surface area contributed by atoms with E-state index in [2.05, 4.69) is 52.2 Å². The summed E-state index contributed by atoms with van der Waals surface area (Å²) < 4.78 is 74.6. The lowest BCUT2D eigenvalue weighted by atomic mass is 9.95. The number of carbonyl (C=O) groups excluding carboxylic acids is 6. The number of rotatable bonds is 87. The van der Waals surface area contributed by atoms with E-state index in [1.165, 1.54) is 141 Å². The Labute approximate surface area is 753 Å². The molecule has 16 unspecified atom stereocenters. The van der Waals surface area contributed by atoms with E-state index in [1.54, 1.807) is 0 Å². The molecule has 16 atom stereocenters. The maximum Gasteiger partial charge on any atom is 0.472 e. The Kier molecular flexibility index (Phi) is 75.3. The molecule has 2 rings (SSSR count). The average Bonchev–Trinajstić information content (AvgIpc) is 0.776. The van der Waals surface area contributed by atoms with Crippen molar-refractivity contribution in [3.8, 4) is 0 Å². The van der Waals surface area contributed by atoms with Crippen molar-refractivity contribution in [1.82, 2.24) is 10.6 Å². The molecule has 8 N–H and O–H groups in total. The average molecular weight is 1810 g/mol. The summed E-state index contributed by atoms with van der Waals surface area (Å²) in [5.41, 5.74) is 0. The Morgan fingerprint density at radius 2 is 0.685 bits per heavy atom. The van der Waals surface area contributed by atoms with Crippen LogP contribution in [0.1, 0.15) is 478 Å². The number of hydrogen-bond donors (Lipinski definition) is 8. The van der Waals surface area contributed by atoms with Crippen molar-refractivity contribution in [2.75, 3.05) is 20.3 Å². The molecule has 2 heterocycles. The maximum absolute atomic E-state index is 15.3. The van der Waals surface area contributed by atoms with Gasteiger partial charge in [0.15, 0.2) is 33.8 Å². The molecule has 0 aromatic rings. The Bertz CT molecular complexity index is 2620. The molecule has 124 heavy (non-hydrogen) atoms. The van der Waals surface area contributed by atoms with Crippen molar-refractivity contribution in [2.24, 2.45) is 0 Å². The van der Waals surface area contributed by atoms with Crippen LogP contribution in [0.4, 0.5) is 0 Å². The van der Waals surface area contributed by atoms with Gasteiger partial charge < -0.3 is 78.5 Å². The number of phosphoric ester groups is 1. The van der Waals surface area contributed by atoms with Crippen LogP contribution in [0.3, 0.4) is 0 Å². The summed E-state index contributed by atoms with van der Waals surface area (Å²) in [7, 11) is -5.54. The van der Waals surface area contributed by atoms with Crippen molar-refractivity contribution >= 4 is 52.5 Å². The van der Waals surface area contributed by atoms with Gasteiger partial charge in [-0.15, -0.1) is 0 Å². The first-order valence-electron chi connectivity index (χ1n) is 50.8. The SMILES string of the molecule is CCCCCCCCCCCCCC(=O)OC(CCCCCCCCCCC)CC(=O)NC1C(OCC2OC(OPO)C(NC(=O)CC(O)CCCCCCCCCCC)C(OC(=O)CC(O)CCCCCCCCCCC)C2O)OC(CO)C(OP(=O)(O)OC)C1OC(=O)CC(CCCCCCCCCCC)OC(=O)CCCCCCCCCCCCC. The van der Waals surface area contributed by atoms with Crippen LogP contribution in [0, 0.1) is 0 Å². The van der Waals surface area contributed by atoms with Crippen LogP contribution in [0.25, 0.3) is 0 Å². The Balaban J connectivity index is 2.81. The van der Waals surface area contributed by atoms with E-state index in [0.29, 0.717) is 51.4 Å². The largest absolute Gasteiger partial charge is 0.472 e. The van der Waals surface area contributed by atoms with Gasteiger partial charge in [-0.1, -0.05) is 388 Å². The van der Waals surface area contributed by atoms with Gasteiger partial charge in [-0.25, -0.2) is 4.57 Å². The van der Waals surface area contributed by atoms with Gasteiger partial charge in [-0.2, -0.15) is 0 Å². The lowest BCUT2D eigenvalue weighted by Crippen LogP contribution is -2.68. The molecule has 2 aliphatic heterocycles. The number of phosphoric acid groups is 1. The zero-order valence-corrected chi connectivity index (χ0v) is 81.0. The number of esters is 4. The molecular weight excluding hydrogens is 1620 g/mol. The number of nitrogens with one attached hydrogen (secondary N) is 2. The Morgan fingerprint density at radius 3 is 1.05 bits per heavy atom. The fraction of sp³-hybridized carbons (Fsp3) is 0.938. The molecule has 0 aromatic carbocycles. The highest BCUT2D eigenvalue weighted by Crippen LogP contribution is 2.47. The minimum absolute atomic E-state index is 0.121. The van der Waals surface area contributed by atoms with Crippen LogP contribution in [-0.4, -0.2) is 172 Å². The van der Waals surface area contributed by atoms with E-state index in [4.69, 9.17) is 46.7 Å². The predicted molar refractivity (Wildman–Crippen MR) is 493 cm³/mol. The van der Waals surface area contributed by atoms with Gasteiger partial charge in [0.25, 0.3) is 0 Å². The number of ether oxygens (including phenoxy) is 7. The summed E-state index contributed by atoms with van der Waals surface area (Å²) in [6.07, 6.45) is 41.8. The number of aliphatic hydroxyl groups excluding tert-OH is 4. The lowest BCUT2D eigenvalue weighted by molar-refractivity contribution is -0.295. The quantitative estimate of drug-likeness (QED) is 0.0121. The zero-order valence-electron chi connectivity index (χ0n) is 79.2. The van der Waals surface area contributed by atoms with E-state index in [0.717, 1.165) is 200 Å². The summed E-state index contributed by atoms with van der Waals surface area (Å²) >= 11 is 0. The van der Waals surface area contributed by atoms with Gasteiger partial charge in [-0.05, 0) is 51.4 Å². The second-order valence-electron chi connectivity index (χ2n) is 36.0. The molecular formula is C97H184N2O23P2. The molecule has 0 spiro atoms. The molecule has 2 fully saturated rings. The first-order valence-corrected chi connectivity index (χ1v) is 53.1. The fourth-order valence-electron chi connectivity index (χ4n) is 16.9. The standard InChI is InChI=1S/C97H184N2O23P2/c1-8-14-20-26-32-38-40-46-52-58-64-70-86(105)115-80(68-62-56-50-44-36-30-24-18-12-5)74-85(104)99-91-95(120-89(108)75-81(69-63-57-51-45-37-31-25-19-13-6)116-87(106)71-65-59-53-47-41-39-33-27-21-15-9-2)93(122-124(111,112)113-7)82(76-100)117-96(91)114-77-83-92(109)94(119-88(107)73-79(102)67-61-55-49-43-35-29-23-17-11-4)90(97(118-83)121-123-110)98-84(103)72-78(101)66-60-54-48-42-34-28-22-16-10-3/h78-83,90-97,100-102,109-110,123H,8-77H2,1-7H3,(H,98,103)(H,99,104)(H,111,112). The minimum Gasteiger partial charge on any atom is -0.462 e. The van der Waals surface area contributed by atoms with E-state index in [1.807, 2.05) is 0 Å². The topological polar surface area (TPSA) is 357 Å². The highest BCUT2D eigenvalue weighted by Gasteiger charge is 2.55. The van der Waals surface area contributed by atoms with E-state index in [9.17, 15) is 54.0 Å². The summed E-state index contributed by atoms with van der Waals surface area (Å²) in [6, 6.07) is -3.32. The number of unbranched alkanes of at least 4 members (excludes halogenated alkanes) is 52. The molecule has 0 aromatic heterocycles. The van der Waals surface area contributed by atoms with Crippen molar-refractivity contribution in [2.45, 2.75) is 564 Å². The maximum atomic E-state index is 15.3. The number of hydrogen-bond acceptors (Lipinski definition) is 22. The third kappa shape index (κ3) is 60.9. The first kappa shape index (κ1) is 117. The molecule has 27 heteroatoms. The monoisotopic (exact) mass is 1810 g/mol. The van der Waals surface area contributed by atoms with Gasteiger partial charge in [-0.3, -0.25) is 37.8 Å². The fourth-order valence-corrected chi connectivity index (χ4v) is 17.9. The van der Waals surface area contributed by atoms with E-state index in [-0.39, 0.29) is 32.1 Å². The Morgan fingerprint density at radius 1 is 0.379 bits per heavy atom. The summed E-state index contributed by atoms with van der Waals surface area (Å²) in [5, 5.41) is 52.1. The first-order chi connectivity index (χ1) is 60.2. The number of amides is 2. The van der Waals surface area contributed by atoms with Crippen LogP contribution in [0.5, 0.6) is 0 Å². The minimum atomic E-state index is -5.14. The molecule has 0 aliphatic carbocycles. The smallest absolute Gasteiger partial charge is 0.462 e. The van der Waals surface area contributed by atoms with Gasteiger partial charge in [0.05, 0.1) is 51.1 Å². The third-order valence-corrected chi connectivity index (χ3v) is 25.8. The molecule has 0 bridgehead atoms. The van der Waals surface area contributed by atoms with Crippen LogP contribution >= 0.6 is 16.9 Å². The van der Waals surface area contributed by atoms with E-state index >= 15 is 9.59 Å². The summed E-state index contributed by atoms with van der Waals surface area (Å²) in [5.74, 6) is -4.40. The van der Waals surface area contributed by atoms with E-state index < -0.39 is 171 Å². The predicted octanol–water partition coefficient (Wildman–Crippen LogP) is 22.4. The van der Waals surface area contributed by atoms with Crippen molar-refractivity contribution < 1.29 is 110 Å². The van der Waals surface area contributed by atoms with Crippen molar-refractivity contribution in [3.05, 3.63) is 0 Å². The van der Waals surface area contributed by atoms with Gasteiger partial charge in [0, 0.05) is 20.0 Å². The number of carbonyl (C=O) groups is 6. The third-order valence-electron chi connectivity index (χ3n) is 24.5. The van der Waals surface area contributed by atoms with Crippen LogP contribution in [-0.2, 0) is 80.1 Å². The molecule has 2 aliphatic rings. The Hall–Kier alpha value is -3.00. The second kappa shape index (κ2) is 79.7. The van der Waals surface area contributed by atoms with Gasteiger partial charge >= 0.3 is 31.7 Å². The molecule has 2 amide bonds. The van der Waals surface area contributed by atoms with Crippen molar-refractivity contribution in [1.29, 1.82) is 0 Å². The summed E-state index contributed by atoms with van der Waals surface area (Å²) in [4.78, 5) is 108. The van der Waals surface area contributed by atoms with Crippen LogP contribution in [0.15, 0.2) is 0 Å². The molecule has 0 saturated carbocycles. The van der Waals surface area contributed by atoms with Gasteiger partial charge in [0.2, 0.25) is 11.8 Å². The molecule has 0 radical (unpaired) electrons. The van der Waals surface area contributed by atoms with Gasteiger partial charge in [0.1, 0.15) is 48.7 Å². The second-order valence-corrected chi connectivity index (χ2v) is 37.9. The molecule has 25 nitrogen and oxygen atoms in total. The normalized spacial score (nSPS) is 20.7. The molecule has 2 saturated heterocycles. The van der Waals surface area contributed by atoms with Crippen LogP contribution in [0.2, 0.25) is 0 Å². The summed E-state index contributed by atoms with van der Waals surface area (Å²) in [6.45, 7) is 11.4. The number of aliphatic hydroxyl groups is 4. The van der Waals surface area contributed by atoms with Crippen molar-refractivity contribution in [3.63, 3.8) is 0 Å². The zero-order chi connectivity index (χ0) is 90.7. The highest BCUT2D eigenvalue weighted by atomic mass is 31.2. The highest BCUT2D eigenvalue weighted by molar-refractivity contribution is 7.47. The van der Waals surface area contributed by atoms with Crippen LogP contribution < -0.4 is 10.6 Å².